The summed E-state index contributed by atoms with van der Waals surface area (Å²) >= 11 is 3.34. The SMILES string of the molecule is CN(CC(=O)Nc1ccccc1Br)C(=O)CCNC(=O)c1ccco1. The third-order valence-corrected chi connectivity index (χ3v) is 4.02. The summed E-state index contributed by atoms with van der Waals surface area (Å²) in [5.41, 5.74) is 0.638. The summed E-state index contributed by atoms with van der Waals surface area (Å²) in [5.74, 6) is -0.745. The topological polar surface area (TPSA) is 91.7 Å². The van der Waals surface area contributed by atoms with Crippen LogP contribution in [0.2, 0.25) is 0 Å². The van der Waals surface area contributed by atoms with Crippen molar-refractivity contribution >= 4 is 39.3 Å². The number of carbonyl (C=O) groups excluding carboxylic acids is 3. The Balaban J connectivity index is 1.73. The Hall–Kier alpha value is -2.61. The molecule has 0 aliphatic rings. The third kappa shape index (κ3) is 5.75. The van der Waals surface area contributed by atoms with Crippen LogP contribution in [0.1, 0.15) is 17.0 Å². The fourth-order valence-electron chi connectivity index (χ4n) is 2.02. The van der Waals surface area contributed by atoms with Gasteiger partial charge in [0, 0.05) is 24.5 Å². The van der Waals surface area contributed by atoms with Crippen LogP contribution in [0.4, 0.5) is 5.69 Å². The summed E-state index contributed by atoms with van der Waals surface area (Å²) in [6.45, 7) is 0.0842. The van der Waals surface area contributed by atoms with Crippen LogP contribution in [0.5, 0.6) is 0 Å². The minimum atomic E-state index is -0.382. The number of amides is 3. The molecule has 1 aromatic heterocycles. The molecular weight excluding hydrogens is 390 g/mol. The molecule has 0 aliphatic heterocycles. The first-order valence-electron chi connectivity index (χ1n) is 7.57. The number of benzene rings is 1. The van der Waals surface area contributed by atoms with Crippen LogP contribution in [0.3, 0.4) is 0 Å². The summed E-state index contributed by atoms with van der Waals surface area (Å²) < 4.78 is 5.72. The maximum atomic E-state index is 12.0. The second-order valence-corrected chi connectivity index (χ2v) is 6.12. The number of furan rings is 1. The van der Waals surface area contributed by atoms with Gasteiger partial charge < -0.3 is 20.0 Å². The molecule has 0 fully saturated rings. The molecule has 0 bridgehead atoms. The van der Waals surface area contributed by atoms with Crippen LogP contribution in [-0.4, -0.2) is 42.8 Å². The molecule has 8 heteroatoms. The van der Waals surface area contributed by atoms with Crippen molar-refractivity contribution in [3.05, 3.63) is 52.9 Å². The van der Waals surface area contributed by atoms with E-state index in [1.54, 1.807) is 18.2 Å². The number of nitrogens with one attached hydrogen (secondary N) is 2. The Labute approximate surface area is 153 Å². The molecule has 1 heterocycles. The fraction of sp³-hybridized carbons (Fsp3) is 0.235. The first-order valence-corrected chi connectivity index (χ1v) is 8.36. The van der Waals surface area contributed by atoms with Gasteiger partial charge >= 0.3 is 0 Å². The van der Waals surface area contributed by atoms with E-state index in [0.717, 1.165) is 4.47 Å². The average molecular weight is 408 g/mol. The molecule has 1 aromatic carbocycles. The minimum Gasteiger partial charge on any atom is -0.459 e. The van der Waals surface area contributed by atoms with Crippen molar-refractivity contribution in [3.8, 4) is 0 Å². The van der Waals surface area contributed by atoms with Crippen molar-refractivity contribution in [3.63, 3.8) is 0 Å². The van der Waals surface area contributed by atoms with Gasteiger partial charge in [-0.15, -0.1) is 0 Å². The molecule has 0 unspecified atom stereocenters. The van der Waals surface area contributed by atoms with Gasteiger partial charge in [-0.3, -0.25) is 14.4 Å². The number of rotatable bonds is 7. The average Bonchev–Trinajstić information content (AvgIpc) is 3.11. The summed E-state index contributed by atoms with van der Waals surface area (Å²) in [5, 5.41) is 5.31. The van der Waals surface area contributed by atoms with Gasteiger partial charge in [0.1, 0.15) is 0 Å². The number of nitrogens with zero attached hydrogens (tertiary/aromatic N) is 1. The Bertz CT molecular complexity index is 746. The van der Waals surface area contributed by atoms with E-state index in [-0.39, 0.29) is 43.0 Å². The third-order valence-electron chi connectivity index (χ3n) is 3.32. The van der Waals surface area contributed by atoms with Crippen LogP contribution < -0.4 is 10.6 Å². The van der Waals surface area contributed by atoms with Gasteiger partial charge in [0.2, 0.25) is 11.8 Å². The molecule has 0 atom stereocenters. The highest BCUT2D eigenvalue weighted by molar-refractivity contribution is 9.10. The lowest BCUT2D eigenvalue weighted by molar-refractivity contribution is -0.133. The molecule has 25 heavy (non-hydrogen) atoms. The van der Waals surface area contributed by atoms with Crippen LogP contribution in [0.15, 0.2) is 51.6 Å². The van der Waals surface area contributed by atoms with Crippen LogP contribution in [0, 0.1) is 0 Å². The van der Waals surface area contributed by atoms with E-state index >= 15 is 0 Å². The van der Waals surface area contributed by atoms with Crippen molar-refractivity contribution in [1.29, 1.82) is 0 Å². The Morgan fingerprint density at radius 2 is 1.92 bits per heavy atom. The van der Waals surface area contributed by atoms with E-state index in [1.807, 2.05) is 12.1 Å². The van der Waals surface area contributed by atoms with Crippen molar-refractivity contribution < 1.29 is 18.8 Å². The molecule has 0 radical (unpaired) electrons. The lowest BCUT2D eigenvalue weighted by Gasteiger charge is -2.17. The first kappa shape index (κ1) is 18.7. The normalized spacial score (nSPS) is 10.2. The number of carbonyl (C=O) groups is 3. The van der Waals surface area contributed by atoms with Crippen molar-refractivity contribution in [2.75, 3.05) is 25.5 Å². The first-order chi connectivity index (χ1) is 12.0. The second-order valence-electron chi connectivity index (χ2n) is 5.26. The standard InChI is InChI=1S/C17H18BrN3O4/c1-21(11-15(22)20-13-6-3-2-5-12(13)18)16(23)8-9-19-17(24)14-7-4-10-25-14/h2-7,10H,8-9,11H2,1H3,(H,19,24)(H,20,22). The van der Waals surface area contributed by atoms with Gasteiger partial charge in [-0.2, -0.15) is 0 Å². The zero-order valence-corrected chi connectivity index (χ0v) is 15.2. The maximum absolute atomic E-state index is 12.0. The number of anilines is 1. The van der Waals surface area contributed by atoms with Gasteiger partial charge in [0.25, 0.3) is 5.91 Å². The number of para-hydroxylation sites is 1. The van der Waals surface area contributed by atoms with E-state index in [4.69, 9.17) is 4.42 Å². The molecule has 2 aromatic rings. The Morgan fingerprint density at radius 1 is 1.16 bits per heavy atom. The highest BCUT2D eigenvalue weighted by Crippen LogP contribution is 2.20. The second kappa shape index (κ2) is 9.03. The van der Waals surface area contributed by atoms with E-state index in [0.29, 0.717) is 5.69 Å². The number of halogens is 1. The number of hydrogen-bond donors (Lipinski definition) is 2. The van der Waals surface area contributed by atoms with Gasteiger partial charge in [-0.1, -0.05) is 12.1 Å². The van der Waals surface area contributed by atoms with Gasteiger partial charge in [-0.05, 0) is 40.2 Å². The van der Waals surface area contributed by atoms with Crippen LogP contribution in [0.25, 0.3) is 0 Å². The van der Waals surface area contributed by atoms with Gasteiger partial charge in [0.05, 0.1) is 18.5 Å². The smallest absolute Gasteiger partial charge is 0.286 e. The molecule has 3 amide bonds. The molecule has 0 aliphatic carbocycles. The Morgan fingerprint density at radius 3 is 2.60 bits per heavy atom. The molecule has 2 N–H and O–H groups in total. The lowest BCUT2D eigenvalue weighted by atomic mass is 10.3. The molecule has 7 nitrogen and oxygen atoms in total. The Kier molecular flexibility index (Phi) is 6.76. The van der Waals surface area contributed by atoms with Crippen molar-refractivity contribution in [1.82, 2.24) is 10.2 Å². The lowest BCUT2D eigenvalue weighted by Crippen LogP contribution is -2.37. The van der Waals surface area contributed by atoms with E-state index in [1.165, 1.54) is 24.3 Å². The largest absolute Gasteiger partial charge is 0.459 e. The maximum Gasteiger partial charge on any atom is 0.286 e. The highest BCUT2D eigenvalue weighted by Gasteiger charge is 2.15. The molecular formula is C17H18BrN3O4. The van der Waals surface area contributed by atoms with E-state index < -0.39 is 0 Å². The van der Waals surface area contributed by atoms with Crippen LogP contribution in [-0.2, 0) is 9.59 Å². The summed E-state index contributed by atoms with van der Waals surface area (Å²) in [7, 11) is 1.54. The summed E-state index contributed by atoms with van der Waals surface area (Å²) in [6, 6.07) is 10.4. The van der Waals surface area contributed by atoms with Crippen molar-refractivity contribution in [2.24, 2.45) is 0 Å². The molecule has 0 spiro atoms. The van der Waals surface area contributed by atoms with Crippen LogP contribution >= 0.6 is 15.9 Å². The van der Waals surface area contributed by atoms with E-state index in [2.05, 4.69) is 26.6 Å². The fourth-order valence-corrected chi connectivity index (χ4v) is 2.41. The predicted octanol–water partition coefficient (Wildman–Crippen LogP) is 2.26. The summed E-state index contributed by atoms with van der Waals surface area (Å²) in [6.07, 6.45) is 1.49. The summed E-state index contributed by atoms with van der Waals surface area (Å²) in [4.78, 5) is 37.0. The molecule has 2 rings (SSSR count). The quantitative estimate of drug-likeness (QED) is 0.735. The molecule has 0 saturated heterocycles. The number of hydrogen-bond acceptors (Lipinski definition) is 4. The number of likely N-dealkylation sites (N-methyl/N-ethyl adjacent to an activating group) is 1. The molecule has 132 valence electrons. The van der Waals surface area contributed by atoms with E-state index in [9.17, 15) is 14.4 Å². The minimum absolute atomic E-state index is 0.0771. The van der Waals surface area contributed by atoms with Crippen molar-refractivity contribution in [2.45, 2.75) is 6.42 Å². The zero-order chi connectivity index (χ0) is 18.2. The van der Waals surface area contributed by atoms with Gasteiger partial charge in [-0.25, -0.2) is 0 Å². The highest BCUT2D eigenvalue weighted by atomic mass is 79.9. The zero-order valence-electron chi connectivity index (χ0n) is 13.6. The van der Waals surface area contributed by atoms with Gasteiger partial charge in [0.15, 0.2) is 5.76 Å². The monoisotopic (exact) mass is 407 g/mol. The predicted molar refractivity (Wildman–Crippen MR) is 96.1 cm³/mol. The molecule has 0 saturated carbocycles.